The number of anilines is 1. The Balaban J connectivity index is 1.34. The van der Waals surface area contributed by atoms with E-state index in [1.807, 2.05) is 30.5 Å². The Morgan fingerprint density at radius 3 is 2.82 bits per heavy atom. The fourth-order valence-corrected chi connectivity index (χ4v) is 8.11. The van der Waals surface area contributed by atoms with Crippen LogP contribution in [0, 0.1) is 5.92 Å². The fraction of sp³-hybridized carbons (Fsp3) is 0.375. The number of nitrogens with zero attached hydrogens (tertiary/aromatic N) is 3. The summed E-state index contributed by atoms with van der Waals surface area (Å²) in [6, 6.07) is 11.3. The summed E-state index contributed by atoms with van der Waals surface area (Å²) in [6.07, 6.45) is 4.62. The standard InChI is InChI=1S/C24H26N4O3S3/c29-18-8-9-27(14-18)15-19-12-25-24(33-19)20-11-17-3-1-4-21(23(17)26-20)28(13-16-6-7-16)34(30,31)22-5-2-10-32-22/h1-5,10-12,16,18,26,29H,6-9,13-15H2. The van der Waals surface area contributed by atoms with E-state index in [-0.39, 0.29) is 6.10 Å². The number of fused-ring (bicyclic) bond motifs is 1. The molecular formula is C24H26N4O3S3. The van der Waals surface area contributed by atoms with E-state index in [0.29, 0.717) is 28.9 Å². The van der Waals surface area contributed by atoms with Gasteiger partial charge in [0, 0.05) is 42.6 Å². The van der Waals surface area contributed by atoms with Crippen molar-refractivity contribution in [2.75, 3.05) is 23.9 Å². The molecule has 178 valence electrons. The summed E-state index contributed by atoms with van der Waals surface area (Å²) in [6.45, 7) is 2.89. The molecule has 0 radical (unpaired) electrons. The van der Waals surface area contributed by atoms with Crippen molar-refractivity contribution in [2.45, 2.75) is 36.1 Å². The third kappa shape index (κ3) is 4.29. The topological polar surface area (TPSA) is 89.5 Å². The molecule has 1 aromatic carbocycles. The van der Waals surface area contributed by atoms with Gasteiger partial charge in [0.05, 0.1) is 23.0 Å². The summed E-state index contributed by atoms with van der Waals surface area (Å²) in [5, 5.41) is 13.4. The maximum absolute atomic E-state index is 13.6. The number of sulfonamides is 1. The highest BCUT2D eigenvalue weighted by molar-refractivity contribution is 7.94. The molecule has 4 heterocycles. The summed E-state index contributed by atoms with van der Waals surface area (Å²) in [5.74, 6) is 0.407. The van der Waals surface area contributed by atoms with Crippen molar-refractivity contribution >= 4 is 49.3 Å². The SMILES string of the molecule is O=S(=O)(c1cccs1)N(CC1CC1)c1cccc2cc(-c3ncc(CN4CCC(O)C4)s3)[nH]c12. The number of hydrogen-bond donors (Lipinski definition) is 2. The van der Waals surface area contributed by atoms with Crippen LogP contribution in [0.25, 0.3) is 21.6 Å². The third-order valence-corrected chi connectivity index (χ3v) is 10.6. The van der Waals surface area contributed by atoms with E-state index < -0.39 is 10.0 Å². The first-order valence-corrected chi connectivity index (χ1v) is 14.6. The number of aromatic amines is 1. The maximum atomic E-state index is 13.6. The van der Waals surface area contributed by atoms with Crippen molar-refractivity contribution in [1.29, 1.82) is 0 Å². The predicted octanol–water partition coefficient (Wildman–Crippen LogP) is 4.52. The number of para-hydroxylation sites is 1. The first kappa shape index (κ1) is 22.2. The Labute approximate surface area is 206 Å². The number of nitrogens with one attached hydrogen (secondary N) is 1. The Morgan fingerprint density at radius 2 is 2.09 bits per heavy atom. The largest absolute Gasteiger partial charge is 0.392 e. The maximum Gasteiger partial charge on any atom is 0.273 e. The van der Waals surface area contributed by atoms with Crippen LogP contribution in [-0.4, -0.2) is 54.1 Å². The molecule has 7 nitrogen and oxygen atoms in total. The van der Waals surface area contributed by atoms with Gasteiger partial charge in [-0.05, 0) is 48.8 Å². The number of aliphatic hydroxyl groups is 1. The number of β-amino-alcohol motifs (C(OH)–C–C–N with tert-alkyl or cyclic N) is 1. The van der Waals surface area contributed by atoms with E-state index in [9.17, 15) is 13.5 Å². The predicted molar refractivity (Wildman–Crippen MR) is 137 cm³/mol. The minimum absolute atomic E-state index is 0.233. The molecule has 1 aliphatic heterocycles. The van der Waals surface area contributed by atoms with Crippen LogP contribution < -0.4 is 4.31 Å². The number of H-pyrrole nitrogens is 1. The van der Waals surface area contributed by atoms with Gasteiger partial charge < -0.3 is 10.1 Å². The molecular weight excluding hydrogens is 488 g/mol. The van der Waals surface area contributed by atoms with Crippen LogP contribution in [0.15, 0.2) is 52.2 Å². The van der Waals surface area contributed by atoms with E-state index >= 15 is 0 Å². The zero-order chi connectivity index (χ0) is 23.3. The van der Waals surface area contributed by atoms with Crippen molar-refractivity contribution in [2.24, 2.45) is 5.92 Å². The molecule has 1 saturated carbocycles. The average molecular weight is 515 g/mol. The molecule has 3 aromatic heterocycles. The van der Waals surface area contributed by atoms with Gasteiger partial charge >= 0.3 is 0 Å². The lowest BCUT2D eigenvalue weighted by Gasteiger charge is -2.24. The van der Waals surface area contributed by atoms with Crippen molar-refractivity contribution in [1.82, 2.24) is 14.9 Å². The molecule has 1 unspecified atom stereocenters. The second-order valence-electron chi connectivity index (χ2n) is 9.15. The van der Waals surface area contributed by atoms with E-state index in [2.05, 4.69) is 14.9 Å². The normalized spacial score (nSPS) is 19.3. The molecule has 1 aliphatic carbocycles. The summed E-state index contributed by atoms with van der Waals surface area (Å²) >= 11 is 2.89. The second kappa shape index (κ2) is 8.76. The highest BCUT2D eigenvalue weighted by atomic mass is 32.2. The number of hydrogen-bond acceptors (Lipinski definition) is 7. The quantitative estimate of drug-likeness (QED) is 0.361. The van der Waals surface area contributed by atoms with Crippen molar-refractivity contribution in [3.63, 3.8) is 0 Å². The second-order valence-corrected chi connectivity index (χ2v) is 13.3. The van der Waals surface area contributed by atoms with Crippen LogP contribution in [0.5, 0.6) is 0 Å². The van der Waals surface area contributed by atoms with Crippen LogP contribution in [0.3, 0.4) is 0 Å². The Kier molecular flexibility index (Phi) is 5.73. The van der Waals surface area contributed by atoms with Crippen LogP contribution in [-0.2, 0) is 16.6 Å². The number of rotatable bonds is 8. The summed E-state index contributed by atoms with van der Waals surface area (Å²) in [4.78, 5) is 11.5. The Hall–Kier alpha value is -2.24. The van der Waals surface area contributed by atoms with Crippen molar-refractivity contribution < 1.29 is 13.5 Å². The lowest BCUT2D eigenvalue weighted by molar-refractivity contribution is 0.175. The van der Waals surface area contributed by atoms with Gasteiger partial charge in [0.25, 0.3) is 10.0 Å². The minimum Gasteiger partial charge on any atom is -0.392 e. The molecule has 1 saturated heterocycles. The monoisotopic (exact) mass is 514 g/mol. The lowest BCUT2D eigenvalue weighted by atomic mass is 10.2. The molecule has 2 aliphatic rings. The van der Waals surface area contributed by atoms with Gasteiger partial charge in [0.15, 0.2) is 0 Å². The van der Waals surface area contributed by atoms with E-state index in [1.165, 1.54) is 11.3 Å². The number of thiazole rings is 1. The van der Waals surface area contributed by atoms with E-state index in [1.54, 1.807) is 33.2 Å². The summed E-state index contributed by atoms with van der Waals surface area (Å²) in [5.41, 5.74) is 2.39. The van der Waals surface area contributed by atoms with Gasteiger partial charge in [-0.3, -0.25) is 9.21 Å². The fourth-order valence-electron chi connectivity index (χ4n) is 4.52. The first-order chi connectivity index (χ1) is 16.5. The zero-order valence-corrected chi connectivity index (χ0v) is 21.0. The third-order valence-electron chi connectivity index (χ3n) is 6.47. The summed E-state index contributed by atoms with van der Waals surface area (Å²) < 4.78 is 29.1. The van der Waals surface area contributed by atoms with Gasteiger partial charge in [-0.15, -0.1) is 22.7 Å². The Bertz CT molecular complexity index is 1410. The van der Waals surface area contributed by atoms with Crippen LogP contribution in [0.2, 0.25) is 0 Å². The Morgan fingerprint density at radius 1 is 1.21 bits per heavy atom. The highest BCUT2D eigenvalue weighted by Crippen LogP contribution is 2.39. The highest BCUT2D eigenvalue weighted by Gasteiger charge is 2.33. The van der Waals surface area contributed by atoms with Crippen molar-refractivity contribution in [3.8, 4) is 10.7 Å². The number of thiophene rings is 1. The molecule has 0 amide bonds. The van der Waals surface area contributed by atoms with Gasteiger partial charge in [-0.1, -0.05) is 18.2 Å². The van der Waals surface area contributed by atoms with Crippen LogP contribution >= 0.6 is 22.7 Å². The molecule has 0 bridgehead atoms. The lowest BCUT2D eigenvalue weighted by Crippen LogP contribution is -2.32. The molecule has 34 heavy (non-hydrogen) atoms. The molecule has 4 aromatic rings. The number of aromatic nitrogens is 2. The number of likely N-dealkylation sites (tertiary alicyclic amines) is 1. The average Bonchev–Trinajstić information content (AvgIpc) is 3.29. The smallest absolute Gasteiger partial charge is 0.273 e. The van der Waals surface area contributed by atoms with Crippen LogP contribution in [0.1, 0.15) is 24.1 Å². The molecule has 0 spiro atoms. The van der Waals surface area contributed by atoms with Gasteiger partial charge in [-0.2, -0.15) is 0 Å². The molecule has 2 fully saturated rings. The number of aliphatic hydroxyl groups excluding tert-OH is 1. The zero-order valence-electron chi connectivity index (χ0n) is 18.6. The molecule has 10 heteroatoms. The summed E-state index contributed by atoms with van der Waals surface area (Å²) in [7, 11) is -3.63. The minimum atomic E-state index is -3.63. The first-order valence-electron chi connectivity index (χ1n) is 11.5. The van der Waals surface area contributed by atoms with E-state index in [0.717, 1.165) is 58.8 Å². The molecule has 1 atom stereocenters. The van der Waals surface area contributed by atoms with Gasteiger partial charge in [0.1, 0.15) is 9.22 Å². The van der Waals surface area contributed by atoms with E-state index in [4.69, 9.17) is 0 Å². The van der Waals surface area contributed by atoms with Gasteiger partial charge in [-0.25, -0.2) is 13.4 Å². The number of benzene rings is 1. The van der Waals surface area contributed by atoms with Crippen LogP contribution in [0.4, 0.5) is 5.69 Å². The molecule has 2 N–H and O–H groups in total. The van der Waals surface area contributed by atoms with Gasteiger partial charge in [0.2, 0.25) is 0 Å². The molecule has 6 rings (SSSR count). The van der Waals surface area contributed by atoms with Crippen molar-refractivity contribution in [3.05, 3.63) is 52.9 Å².